The van der Waals surface area contributed by atoms with E-state index in [-0.39, 0.29) is 41.7 Å². The van der Waals surface area contributed by atoms with Crippen LogP contribution < -0.4 is 0 Å². The minimum Gasteiger partial charge on any atom is -0.508 e. The molecule has 0 aliphatic rings. The van der Waals surface area contributed by atoms with Gasteiger partial charge >= 0.3 is 5.97 Å². The summed E-state index contributed by atoms with van der Waals surface area (Å²) in [6.07, 6.45) is 1.25. The molecule has 19 heavy (non-hydrogen) atoms. The normalized spacial score (nSPS) is 10.2. The maximum atomic E-state index is 11.9. The summed E-state index contributed by atoms with van der Waals surface area (Å²) in [6, 6.07) is 2.66. The van der Waals surface area contributed by atoms with Crippen LogP contribution in [0.2, 0.25) is 0 Å². The molecule has 0 amide bonds. The Morgan fingerprint density at radius 3 is 2.42 bits per heavy atom. The topological polar surface area (TPSA) is 83.8 Å². The van der Waals surface area contributed by atoms with E-state index in [1.165, 1.54) is 19.2 Å². The third kappa shape index (κ3) is 3.98. The number of phenolic OH excluding ortho intramolecular Hbond substituents is 2. The van der Waals surface area contributed by atoms with Gasteiger partial charge in [0, 0.05) is 18.9 Å². The Balaban J connectivity index is 2.74. The Bertz CT molecular complexity index is 479. The summed E-state index contributed by atoms with van der Waals surface area (Å²) >= 11 is 0. The van der Waals surface area contributed by atoms with Gasteiger partial charge in [0.1, 0.15) is 11.5 Å². The fourth-order valence-corrected chi connectivity index (χ4v) is 1.76. The largest absolute Gasteiger partial charge is 0.508 e. The van der Waals surface area contributed by atoms with Gasteiger partial charge in [-0.1, -0.05) is 6.92 Å². The molecule has 0 heterocycles. The van der Waals surface area contributed by atoms with Crippen molar-refractivity contribution in [2.24, 2.45) is 0 Å². The number of aryl methyl sites for hydroxylation is 1. The molecule has 0 radical (unpaired) electrons. The summed E-state index contributed by atoms with van der Waals surface area (Å²) in [6.45, 7) is 1.84. The van der Waals surface area contributed by atoms with Gasteiger partial charge < -0.3 is 14.9 Å². The molecule has 0 unspecified atom stereocenters. The molecule has 5 nitrogen and oxygen atoms in total. The molecule has 2 N–H and O–H groups in total. The number of ketones is 1. The maximum Gasteiger partial charge on any atom is 0.305 e. The van der Waals surface area contributed by atoms with Crippen molar-refractivity contribution >= 4 is 11.8 Å². The molecule has 0 fully saturated rings. The lowest BCUT2D eigenvalue weighted by Gasteiger charge is -2.08. The Morgan fingerprint density at radius 2 is 1.84 bits per heavy atom. The number of aromatic hydroxyl groups is 2. The minimum atomic E-state index is -0.364. The second-order valence-corrected chi connectivity index (χ2v) is 4.20. The second kappa shape index (κ2) is 6.78. The highest BCUT2D eigenvalue weighted by Crippen LogP contribution is 2.28. The smallest absolute Gasteiger partial charge is 0.305 e. The lowest BCUT2D eigenvalue weighted by molar-refractivity contribution is -0.140. The number of Topliss-reactive ketones (excluding diaryl/α,β-unsaturated/α-hetero) is 1. The van der Waals surface area contributed by atoms with Gasteiger partial charge in [-0.25, -0.2) is 0 Å². The van der Waals surface area contributed by atoms with E-state index in [1.54, 1.807) is 0 Å². The van der Waals surface area contributed by atoms with E-state index in [2.05, 4.69) is 4.74 Å². The van der Waals surface area contributed by atoms with E-state index in [0.29, 0.717) is 18.4 Å². The van der Waals surface area contributed by atoms with Crippen LogP contribution in [-0.2, 0) is 16.0 Å². The molecule has 0 aliphatic carbocycles. The van der Waals surface area contributed by atoms with Crippen LogP contribution in [0, 0.1) is 0 Å². The molecule has 0 saturated heterocycles. The van der Waals surface area contributed by atoms with Crippen LogP contribution >= 0.6 is 0 Å². The van der Waals surface area contributed by atoms with Gasteiger partial charge in [-0.2, -0.15) is 0 Å². The van der Waals surface area contributed by atoms with Crippen LogP contribution in [0.15, 0.2) is 12.1 Å². The van der Waals surface area contributed by atoms with Crippen LogP contribution in [0.1, 0.15) is 42.1 Å². The molecule has 1 rings (SSSR count). The van der Waals surface area contributed by atoms with E-state index in [1.807, 2.05) is 6.92 Å². The number of benzene rings is 1. The van der Waals surface area contributed by atoms with E-state index in [0.717, 1.165) is 0 Å². The highest BCUT2D eigenvalue weighted by atomic mass is 16.5. The van der Waals surface area contributed by atoms with Crippen LogP contribution in [0.4, 0.5) is 0 Å². The van der Waals surface area contributed by atoms with Gasteiger partial charge in [0.25, 0.3) is 0 Å². The fraction of sp³-hybridized carbons (Fsp3) is 0.429. The van der Waals surface area contributed by atoms with Crippen molar-refractivity contribution in [2.45, 2.75) is 32.6 Å². The zero-order valence-electron chi connectivity index (χ0n) is 11.1. The van der Waals surface area contributed by atoms with Crippen molar-refractivity contribution in [3.8, 4) is 11.5 Å². The van der Waals surface area contributed by atoms with Crippen molar-refractivity contribution in [3.05, 3.63) is 23.3 Å². The van der Waals surface area contributed by atoms with Gasteiger partial charge in [-0.05, 0) is 24.5 Å². The molecule has 5 heteroatoms. The minimum absolute atomic E-state index is 0.0221. The SMILES string of the molecule is CCc1cc(C(=O)CCCC(=O)OC)c(O)cc1O. The third-order valence-corrected chi connectivity index (χ3v) is 2.89. The van der Waals surface area contributed by atoms with Gasteiger partial charge in [-0.15, -0.1) is 0 Å². The Hall–Kier alpha value is -2.04. The Labute approximate surface area is 111 Å². The summed E-state index contributed by atoms with van der Waals surface area (Å²) in [5.74, 6) is -0.878. The maximum absolute atomic E-state index is 11.9. The van der Waals surface area contributed by atoms with Gasteiger partial charge in [0.15, 0.2) is 5.78 Å². The summed E-state index contributed by atoms with van der Waals surface area (Å²) < 4.78 is 4.48. The number of rotatable bonds is 6. The van der Waals surface area contributed by atoms with Crippen LogP contribution in [0.25, 0.3) is 0 Å². The molecular formula is C14H18O5. The van der Waals surface area contributed by atoms with Crippen LogP contribution in [-0.4, -0.2) is 29.1 Å². The number of carbonyl (C=O) groups is 2. The zero-order chi connectivity index (χ0) is 14.4. The summed E-state index contributed by atoms with van der Waals surface area (Å²) in [5.41, 5.74) is 0.786. The highest BCUT2D eigenvalue weighted by Gasteiger charge is 2.15. The van der Waals surface area contributed by atoms with E-state index < -0.39 is 0 Å². The van der Waals surface area contributed by atoms with E-state index in [9.17, 15) is 19.8 Å². The lowest BCUT2D eigenvalue weighted by atomic mass is 10.00. The van der Waals surface area contributed by atoms with Gasteiger partial charge in [0.2, 0.25) is 0 Å². The quantitative estimate of drug-likeness (QED) is 0.609. The average molecular weight is 266 g/mol. The Kier molecular flexibility index (Phi) is 5.36. The first-order valence-corrected chi connectivity index (χ1v) is 6.14. The molecule has 0 atom stereocenters. The van der Waals surface area contributed by atoms with Crippen molar-refractivity contribution < 1.29 is 24.5 Å². The summed E-state index contributed by atoms with van der Waals surface area (Å²) in [4.78, 5) is 22.8. The molecule has 0 saturated carbocycles. The summed E-state index contributed by atoms with van der Waals surface area (Å²) in [7, 11) is 1.30. The van der Waals surface area contributed by atoms with Crippen molar-refractivity contribution in [1.82, 2.24) is 0 Å². The average Bonchev–Trinajstić information content (AvgIpc) is 2.38. The summed E-state index contributed by atoms with van der Waals surface area (Å²) in [5, 5.41) is 19.2. The standard InChI is InChI=1S/C14H18O5/c1-3-9-7-10(13(17)8-12(9)16)11(15)5-4-6-14(18)19-2/h7-8,16-17H,3-6H2,1-2H3. The number of phenols is 2. The zero-order valence-corrected chi connectivity index (χ0v) is 11.1. The fourth-order valence-electron chi connectivity index (χ4n) is 1.76. The number of ether oxygens (including phenoxy) is 1. The predicted molar refractivity (Wildman–Crippen MR) is 69.3 cm³/mol. The first-order chi connectivity index (χ1) is 8.99. The molecule has 1 aromatic rings. The third-order valence-electron chi connectivity index (χ3n) is 2.89. The van der Waals surface area contributed by atoms with Crippen molar-refractivity contribution in [2.75, 3.05) is 7.11 Å². The Morgan fingerprint density at radius 1 is 1.16 bits per heavy atom. The lowest BCUT2D eigenvalue weighted by Crippen LogP contribution is -2.04. The molecule has 0 aliphatic heterocycles. The van der Waals surface area contributed by atoms with E-state index in [4.69, 9.17) is 0 Å². The van der Waals surface area contributed by atoms with Crippen LogP contribution in [0.5, 0.6) is 11.5 Å². The van der Waals surface area contributed by atoms with Crippen molar-refractivity contribution in [1.29, 1.82) is 0 Å². The highest BCUT2D eigenvalue weighted by molar-refractivity contribution is 5.99. The monoisotopic (exact) mass is 266 g/mol. The first-order valence-electron chi connectivity index (χ1n) is 6.14. The van der Waals surface area contributed by atoms with Gasteiger partial charge in [-0.3, -0.25) is 9.59 Å². The van der Waals surface area contributed by atoms with Crippen molar-refractivity contribution in [3.63, 3.8) is 0 Å². The van der Waals surface area contributed by atoms with E-state index >= 15 is 0 Å². The predicted octanol–water partition coefficient (Wildman–Crippen LogP) is 2.19. The molecule has 0 spiro atoms. The second-order valence-electron chi connectivity index (χ2n) is 4.20. The number of hydrogen-bond acceptors (Lipinski definition) is 5. The molecule has 0 bridgehead atoms. The molecular weight excluding hydrogens is 248 g/mol. The number of hydrogen-bond donors (Lipinski definition) is 2. The molecule has 1 aromatic carbocycles. The number of methoxy groups -OCH3 is 1. The first kappa shape index (κ1) is 15.0. The van der Waals surface area contributed by atoms with Crippen LogP contribution in [0.3, 0.4) is 0 Å². The van der Waals surface area contributed by atoms with Gasteiger partial charge in [0.05, 0.1) is 12.7 Å². The molecule has 0 aromatic heterocycles. The number of esters is 1. The molecule has 104 valence electrons. The number of carbonyl (C=O) groups excluding carboxylic acids is 2.